The Morgan fingerprint density at radius 3 is 2.21 bits per heavy atom. The van der Waals surface area contributed by atoms with Crippen molar-refractivity contribution >= 4 is 29.4 Å². The standard InChI is InChI=1S/C16H19N3O5/c1-10(2)9-14(21)17-12-5-3-11(4-6-12)16(24)19-18-13(20)7-8-15(22)23/h3-8,10H,9H2,1-2H3,(H,17,21)(H,18,20)(H,19,24)(H,22,23)/b8-7+. The van der Waals surface area contributed by atoms with Gasteiger partial charge in [-0.25, -0.2) is 4.79 Å². The summed E-state index contributed by atoms with van der Waals surface area (Å²) in [5.74, 6) is -2.49. The number of hydrogen-bond donors (Lipinski definition) is 4. The minimum Gasteiger partial charge on any atom is -0.478 e. The Hall–Kier alpha value is -3.16. The van der Waals surface area contributed by atoms with Crippen molar-refractivity contribution in [2.75, 3.05) is 5.32 Å². The van der Waals surface area contributed by atoms with Gasteiger partial charge in [-0.15, -0.1) is 0 Å². The van der Waals surface area contributed by atoms with Crippen LogP contribution in [-0.2, 0) is 14.4 Å². The third-order valence-corrected chi connectivity index (χ3v) is 2.70. The molecule has 0 fully saturated rings. The third kappa shape index (κ3) is 7.21. The molecule has 1 aromatic carbocycles. The van der Waals surface area contributed by atoms with Gasteiger partial charge in [0.05, 0.1) is 0 Å². The lowest BCUT2D eigenvalue weighted by molar-refractivity contribution is -0.131. The highest BCUT2D eigenvalue weighted by atomic mass is 16.4. The van der Waals surface area contributed by atoms with Crippen LogP contribution in [0.2, 0.25) is 0 Å². The fourth-order valence-corrected chi connectivity index (χ4v) is 1.67. The molecular weight excluding hydrogens is 314 g/mol. The number of carbonyl (C=O) groups is 4. The van der Waals surface area contributed by atoms with Gasteiger partial charge in [-0.2, -0.15) is 0 Å². The topological polar surface area (TPSA) is 125 Å². The Bertz CT molecular complexity index is 650. The number of hydrogen-bond acceptors (Lipinski definition) is 4. The van der Waals surface area contributed by atoms with Gasteiger partial charge in [-0.1, -0.05) is 13.8 Å². The van der Waals surface area contributed by atoms with Crippen molar-refractivity contribution in [2.24, 2.45) is 5.92 Å². The molecule has 8 heteroatoms. The predicted molar refractivity (Wildman–Crippen MR) is 86.9 cm³/mol. The van der Waals surface area contributed by atoms with Crippen molar-refractivity contribution in [1.82, 2.24) is 10.9 Å². The second kappa shape index (κ2) is 9.09. The molecule has 0 heterocycles. The smallest absolute Gasteiger partial charge is 0.328 e. The number of rotatable bonds is 6. The first-order chi connectivity index (χ1) is 11.3. The van der Waals surface area contributed by atoms with Crippen LogP contribution in [0.3, 0.4) is 0 Å². The monoisotopic (exact) mass is 333 g/mol. The van der Waals surface area contributed by atoms with Gasteiger partial charge in [0.15, 0.2) is 0 Å². The fraction of sp³-hybridized carbons (Fsp3) is 0.250. The Kier molecular flexibility index (Phi) is 7.15. The van der Waals surface area contributed by atoms with Gasteiger partial charge in [0, 0.05) is 29.8 Å². The lowest BCUT2D eigenvalue weighted by Crippen LogP contribution is -2.40. The summed E-state index contributed by atoms with van der Waals surface area (Å²) in [5, 5.41) is 11.1. The zero-order valence-corrected chi connectivity index (χ0v) is 13.3. The number of carboxylic acids is 1. The van der Waals surface area contributed by atoms with Crippen molar-refractivity contribution < 1.29 is 24.3 Å². The van der Waals surface area contributed by atoms with Crippen molar-refractivity contribution in [3.8, 4) is 0 Å². The fourth-order valence-electron chi connectivity index (χ4n) is 1.67. The van der Waals surface area contributed by atoms with E-state index in [1.165, 1.54) is 12.1 Å². The maximum Gasteiger partial charge on any atom is 0.328 e. The molecule has 0 aliphatic carbocycles. The maximum absolute atomic E-state index is 11.8. The van der Waals surface area contributed by atoms with Gasteiger partial charge >= 0.3 is 5.97 Å². The van der Waals surface area contributed by atoms with E-state index in [-0.39, 0.29) is 17.4 Å². The molecule has 0 atom stereocenters. The third-order valence-electron chi connectivity index (χ3n) is 2.70. The number of anilines is 1. The molecule has 0 aliphatic rings. The van der Waals surface area contributed by atoms with Crippen LogP contribution in [-0.4, -0.2) is 28.8 Å². The van der Waals surface area contributed by atoms with Gasteiger partial charge in [0.1, 0.15) is 0 Å². The van der Waals surface area contributed by atoms with Gasteiger partial charge in [-0.05, 0) is 30.2 Å². The summed E-state index contributed by atoms with van der Waals surface area (Å²) in [6.07, 6.45) is 1.82. The van der Waals surface area contributed by atoms with Gasteiger partial charge in [-0.3, -0.25) is 25.2 Å². The van der Waals surface area contributed by atoms with Crippen LogP contribution in [0.5, 0.6) is 0 Å². The highest BCUT2D eigenvalue weighted by Crippen LogP contribution is 2.11. The molecule has 0 unspecified atom stereocenters. The van der Waals surface area contributed by atoms with Crippen LogP contribution >= 0.6 is 0 Å². The highest BCUT2D eigenvalue weighted by Gasteiger charge is 2.08. The van der Waals surface area contributed by atoms with Crippen LogP contribution in [0.4, 0.5) is 5.69 Å². The van der Waals surface area contributed by atoms with Crippen LogP contribution < -0.4 is 16.2 Å². The first kappa shape index (κ1) is 18.9. The molecular formula is C16H19N3O5. The van der Waals surface area contributed by atoms with E-state index in [1.807, 2.05) is 19.3 Å². The van der Waals surface area contributed by atoms with E-state index in [9.17, 15) is 19.2 Å². The minimum absolute atomic E-state index is 0.111. The molecule has 0 saturated heterocycles. The number of aliphatic carboxylic acids is 1. The summed E-state index contributed by atoms with van der Waals surface area (Å²) in [4.78, 5) is 44.9. The van der Waals surface area contributed by atoms with Crippen molar-refractivity contribution in [1.29, 1.82) is 0 Å². The molecule has 1 rings (SSSR count). The Labute approximate surface area is 138 Å². The van der Waals surface area contributed by atoms with Gasteiger partial charge < -0.3 is 10.4 Å². The lowest BCUT2D eigenvalue weighted by atomic mass is 10.1. The van der Waals surface area contributed by atoms with Crippen LogP contribution in [0.1, 0.15) is 30.6 Å². The van der Waals surface area contributed by atoms with E-state index in [2.05, 4.69) is 10.7 Å². The largest absolute Gasteiger partial charge is 0.478 e. The summed E-state index contributed by atoms with van der Waals surface area (Å²) >= 11 is 0. The Morgan fingerprint density at radius 1 is 1.04 bits per heavy atom. The lowest BCUT2D eigenvalue weighted by Gasteiger charge is -2.08. The zero-order chi connectivity index (χ0) is 18.1. The van der Waals surface area contributed by atoms with E-state index in [4.69, 9.17) is 5.11 Å². The number of hydrazine groups is 1. The molecule has 3 amide bonds. The molecule has 1 aromatic rings. The van der Waals surface area contributed by atoms with Gasteiger partial charge in [0.2, 0.25) is 5.91 Å². The Balaban J connectivity index is 2.53. The number of nitrogens with one attached hydrogen (secondary N) is 3. The highest BCUT2D eigenvalue weighted by molar-refractivity contribution is 5.99. The average molecular weight is 333 g/mol. The van der Waals surface area contributed by atoms with Crippen molar-refractivity contribution in [2.45, 2.75) is 20.3 Å². The molecule has 4 N–H and O–H groups in total. The van der Waals surface area contributed by atoms with Crippen molar-refractivity contribution in [3.05, 3.63) is 42.0 Å². The summed E-state index contributed by atoms with van der Waals surface area (Å²) in [7, 11) is 0. The second-order valence-corrected chi connectivity index (χ2v) is 5.34. The maximum atomic E-state index is 11.8. The molecule has 0 bridgehead atoms. The number of carboxylic acid groups (broad SMARTS) is 1. The molecule has 24 heavy (non-hydrogen) atoms. The second-order valence-electron chi connectivity index (χ2n) is 5.34. The summed E-state index contributed by atoms with van der Waals surface area (Å²) in [5.41, 5.74) is 5.01. The molecule has 0 saturated carbocycles. The molecule has 8 nitrogen and oxygen atoms in total. The zero-order valence-electron chi connectivity index (χ0n) is 13.3. The van der Waals surface area contributed by atoms with Crippen LogP contribution in [0.25, 0.3) is 0 Å². The summed E-state index contributed by atoms with van der Waals surface area (Å²) in [6, 6.07) is 6.11. The average Bonchev–Trinajstić information content (AvgIpc) is 2.50. The normalized spacial score (nSPS) is 10.5. The van der Waals surface area contributed by atoms with Crippen LogP contribution in [0.15, 0.2) is 36.4 Å². The minimum atomic E-state index is -1.27. The molecule has 0 aromatic heterocycles. The Morgan fingerprint density at radius 2 is 1.67 bits per heavy atom. The molecule has 0 radical (unpaired) electrons. The number of amides is 3. The SMILES string of the molecule is CC(C)CC(=O)Nc1ccc(C(=O)NNC(=O)/C=C/C(=O)O)cc1. The molecule has 0 spiro atoms. The quantitative estimate of drug-likeness (QED) is 0.458. The first-order valence-corrected chi connectivity index (χ1v) is 7.19. The molecule has 0 aliphatic heterocycles. The van der Waals surface area contributed by atoms with E-state index >= 15 is 0 Å². The van der Waals surface area contributed by atoms with E-state index < -0.39 is 17.8 Å². The number of carbonyl (C=O) groups excluding carboxylic acids is 3. The van der Waals surface area contributed by atoms with Gasteiger partial charge in [0.25, 0.3) is 11.8 Å². The first-order valence-electron chi connectivity index (χ1n) is 7.19. The van der Waals surface area contributed by atoms with E-state index in [0.717, 1.165) is 6.08 Å². The molecule has 128 valence electrons. The summed E-state index contributed by atoms with van der Waals surface area (Å²) in [6.45, 7) is 3.87. The van der Waals surface area contributed by atoms with Crippen molar-refractivity contribution in [3.63, 3.8) is 0 Å². The van der Waals surface area contributed by atoms with E-state index in [1.54, 1.807) is 12.1 Å². The predicted octanol–water partition coefficient (Wildman–Crippen LogP) is 1.07. The number of benzene rings is 1. The summed E-state index contributed by atoms with van der Waals surface area (Å²) < 4.78 is 0. The van der Waals surface area contributed by atoms with Crippen LogP contribution in [0, 0.1) is 5.92 Å². The van der Waals surface area contributed by atoms with E-state index in [0.29, 0.717) is 18.2 Å².